The van der Waals surface area contributed by atoms with Crippen molar-refractivity contribution in [3.8, 4) is 0 Å². The van der Waals surface area contributed by atoms with E-state index < -0.39 is 5.43 Å². The molecule has 1 aliphatic heterocycles. The number of carbonyl (C=O) groups excluding carboxylic acids is 2. The summed E-state index contributed by atoms with van der Waals surface area (Å²) >= 11 is 0. The molecule has 1 aromatic heterocycles. The lowest BCUT2D eigenvalue weighted by Gasteiger charge is -2.28. The van der Waals surface area contributed by atoms with Crippen LogP contribution in [-0.2, 0) is 6.54 Å². The van der Waals surface area contributed by atoms with E-state index in [0.717, 1.165) is 25.9 Å². The number of aromatic nitrogens is 1. The molecule has 2 aliphatic carbocycles. The van der Waals surface area contributed by atoms with E-state index >= 15 is 0 Å². The summed E-state index contributed by atoms with van der Waals surface area (Å²) in [7, 11) is 0. The van der Waals surface area contributed by atoms with Crippen LogP contribution < -0.4 is 10.7 Å². The SMILES string of the molecule is CC(C)NC(=O)c1cn(CC2CCCCC2)cc(C(=O)N2CC3CCC2C3)c1=O. The molecule has 0 spiro atoms. The van der Waals surface area contributed by atoms with E-state index in [-0.39, 0.29) is 35.0 Å². The number of rotatable bonds is 5. The maximum absolute atomic E-state index is 13.3. The van der Waals surface area contributed by atoms with Crippen molar-refractivity contribution in [2.24, 2.45) is 11.8 Å². The van der Waals surface area contributed by atoms with Gasteiger partial charge in [0.2, 0.25) is 5.43 Å². The molecule has 1 N–H and O–H groups in total. The first-order valence-electron chi connectivity index (χ1n) is 11.3. The standard InChI is InChI=1S/C23H33N3O3/c1-15(2)24-22(28)19-13-25(11-16-6-4-3-5-7-16)14-20(21(19)27)23(29)26-12-17-8-9-18(26)10-17/h13-18H,3-12H2,1-2H3,(H,24,28). The highest BCUT2D eigenvalue weighted by Gasteiger charge is 2.41. The van der Waals surface area contributed by atoms with Crippen LogP contribution in [0.4, 0.5) is 0 Å². The molecule has 3 fully saturated rings. The summed E-state index contributed by atoms with van der Waals surface area (Å²) in [6.07, 6.45) is 12.7. The number of nitrogens with zero attached hydrogens (tertiary/aromatic N) is 2. The van der Waals surface area contributed by atoms with Crippen LogP contribution in [0.15, 0.2) is 17.2 Å². The molecule has 2 heterocycles. The summed E-state index contributed by atoms with van der Waals surface area (Å²) in [5, 5.41) is 2.82. The Morgan fingerprint density at radius 3 is 2.41 bits per heavy atom. The first kappa shape index (κ1) is 20.2. The first-order valence-corrected chi connectivity index (χ1v) is 11.3. The Bertz CT molecular complexity index is 838. The van der Waals surface area contributed by atoms with Gasteiger partial charge in [0.1, 0.15) is 11.1 Å². The lowest BCUT2D eigenvalue weighted by Crippen LogP contribution is -2.42. The fourth-order valence-electron chi connectivity index (χ4n) is 5.39. The predicted molar refractivity (Wildman–Crippen MR) is 112 cm³/mol. The molecule has 0 aromatic carbocycles. The molecular weight excluding hydrogens is 366 g/mol. The van der Waals surface area contributed by atoms with Crippen molar-refractivity contribution >= 4 is 11.8 Å². The molecule has 1 aromatic rings. The Morgan fingerprint density at radius 1 is 1.07 bits per heavy atom. The Hall–Kier alpha value is -2.11. The lowest BCUT2D eigenvalue weighted by atomic mass is 9.89. The molecule has 4 rings (SSSR count). The Morgan fingerprint density at radius 2 is 1.79 bits per heavy atom. The molecule has 1 saturated heterocycles. The van der Waals surface area contributed by atoms with Gasteiger partial charge >= 0.3 is 0 Å². The summed E-state index contributed by atoms with van der Waals surface area (Å²) < 4.78 is 1.92. The Balaban J connectivity index is 1.66. The van der Waals surface area contributed by atoms with Crippen LogP contribution in [-0.4, -0.2) is 39.9 Å². The van der Waals surface area contributed by atoms with Gasteiger partial charge in [-0.05, 0) is 57.8 Å². The fourth-order valence-corrected chi connectivity index (χ4v) is 5.39. The highest BCUT2D eigenvalue weighted by atomic mass is 16.2. The molecule has 2 bridgehead atoms. The number of hydrogen-bond donors (Lipinski definition) is 1. The smallest absolute Gasteiger partial charge is 0.259 e. The van der Waals surface area contributed by atoms with E-state index in [4.69, 9.17) is 0 Å². The average molecular weight is 400 g/mol. The summed E-state index contributed by atoms with van der Waals surface area (Å²) in [4.78, 5) is 41.0. The highest BCUT2D eigenvalue weighted by molar-refractivity contribution is 5.99. The monoisotopic (exact) mass is 399 g/mol. The van der Waals surface area contributed by atoms with Crippen LogP contribution in [0.3, 0.4) is 0 Å². The van der Waals surface area contributed by atoms with E-state index in [1.165, 1.54) is 38.5 Å². The average Bonchev–Trinajstić information content (AvgIpc) is 3.32. The number of piperidine rings is 1. The molecular formula is C23H33N3O3. The van der Waals surface area contributed by atoms with E-state index in [0.29, 0.717) is 11.8 Å². The maximum atomic E-state index is 13.3. The normalized spacial score (nSPS) is 24.3. The molecule has 3 aliphatic rings. The molecule has 6 nitrogen and oxygen atoms in total. The topological polar surface area (TPSA) is 71.4 Å². The molecule has 158 valence electrons. The quantitative estimate of drug-likeness (QED) is 0.827. The second kappa shape index (κ2) is 8.33. The second-order valence-corrected chi connectivity index (χ2v) is 9.53. The highest BCUT2D eigenvalue weighted by Crippen LogP contribution is 2.37. The molecule has 0 radical (unpaired) electrons. The summed E-state index contributed by atoms with van der Waals surface area (Å²) in [5.41, 5.74) is -0.190. The van der Waals surface area contributed by atoms with Crippen molar-refractivity contribution in [3.63, 3.8) is 0 Å². The number of fused-ring (bicyclic) bond motifs is 2. The van der Waals surface area contributed by atoms with Gasteiger partial charge in [-0.1, -0.05) is 19.3 Å². The number of likely N-dealkylation sites (tertiary alicyclic amines) is 1. The Labute approximate surface area is 172 Å². The largest absolute Gasteiger partial charge is 0.352 e. The maximum Gasteiger partial charge on any atom is 0.259 e. The van der Waals surface area contributed by atoms with Crippen LogP contribution in [0.5, 0.6) is 0 Å². The molecule has 29 heavy (non-hydrogen) atoms. The first-order chi connectivity index (χ1) is 13.9. The zero-order valence-electron chi connectivity index (χ0n) is 17.7. The van der Waals surface area contributed by atoms with Gasteiger partial charge in [-0.2, -0.15) is 0 Å². The zero-order chi connectivity index (χ0) is 20.5. The minimum atomic E-state index is -0.434. The van der Waals surface area contributed by atoms with Crippen LogP contribution in [0.25, 0.3) is 0 Å². The van der Waals surface area contributed by atoms with Crippen LogP contribution in [0, 0.1) is 11.8 Å². The molecule has 2 atom stereocenters. The van der Waals surface area contributed by atoms with Gasteiger partial charge in [0.15, 0.2) is 0 Å². The van der Waals surface area contributed by atoms with Crippen molar-refractivity contribution < 1.29 is 9.59 Å². The Kier molecular flexibility index (Phi) is 5.79. The van der Waals surface area contributed by atoms with Gasteiger partial charge < -0.3 is 14.8 Å². The number of hydrogen-bond acceptors (Lipinski definition) is 3. The van der Waals surface area contributed by atoms with Crippen molar-refractivity contribution in [2.45, 2.75) is 83.8 Å². The molecule has 2 unspecified atom stereocenters. The third-order valence-corrected chi connectivity index (χ3v) is 6.84. The van der Waals surface area contributed by atoms with Gasteiger partial charge in [-0.25, -0.2) is 0 Å². The second-order valence-electron chi connectivity index (χ2n) is 9.53. The lowest BCUT2D eigenvalue weighted by molar-refractivity contribution is 0.0701. The minimum Gasteiger partial charge on any atom is -0.352 e. The van der Waals surface area contributed by atoms with Gasteiger partial charge in [-0.3, -0.25) is 14.4 Å². The van der Waals surface area contributed by atoms with Gasteiger partial charge in [0.05, 0.1) is 0 Å². The zero-order valence-corrected chi connectivity index (χ0v) is 17.7. The number of pyridine rings is 1. The fraction of sp³-hybridized carbons (Fsp3) is 0.696. The van der Waals surface area contributed by atoms with E-state index in [9.17, 15) is 14.4 Å². The van der Waals surface area contributed by atoms with Crippen LogP contribution >= 0.6 is 0 Å². The third-order valence-electron chi connectivity index (χ3n) is 6.84. The van der Waals surface area contributed by atoms with E-state index in [2.05, 4.69) is 5.32 Å². The van der Waals surface area contributed by atoms with Crippen molar-refractivity contribution in [3.05, 3.63) is 33.7 Å². The predicted octanol–water partition coefficient (Wildman–Crippen LogP) is 3.19. The molecule has 2 saturated carbocycles. The van der Waals surface area contributed by atoms with Gasteiger partial charge in [0.25, 0.3) is 11.8 Å². The number of carbonyl (C=O) groups is 2. The summed E-state index contributed by atoms with van der Waals surface area (Å²) in [6.45, 7) is 5.24. The van der Waals surface area contributed by atoms with Gasteiger partial charge in [-0.15, -0.1) is 0 Å². The molecule has 6 heteroatoms. The van der Waals surface area contributed by atoms with Crippen molar-refractivity contribution in [2.75, 3.05) is 6.54 Å². The van der Waals surface area contributed by atoms with E-state index in [1.54, 1.807) is 12.4 Å². The minimum absolute atomic E-state index is 0.0673. The molecule has 2 amide bonds. The van der Waals surface area contributed by atoms with Crippen LogP contribution in [0.2, 0.25) is 0 Å². The summed E-state index contributed by atoms with van der Waals surface area (Å²) in [5.74, 6) is 0.526. The van der Waals surface area contributed by atoms with Gasteiger partial charge in [0, 0.05) is 37.6 Å². The summed E-state index contributed by atoms with van der Waals surface area (Å²) in [6, 6.07) is 0.189. The number of nitrogens with one attached hydrogen (secondary N) is 1. The van der Waals surface area contributed by atoms with Crippen LogP contribution in [0.1, 0.15) is 85.9 Å². The number of amides is 2. The van der Waals surface area contributed by atoms with E-state index in [1.807, 2.05) is 23.3 Å². The third kappa shape index (κ3) is 4.26. The van der Waals surface area contributed by atoms with Crippen molar-refractivity contribution in [1.82, 2.24) is 14.8 Å². The van der Waals surface area contributed by atoms with Crippen molar-refractivity contribution in [1.29, 1.82) is 0 Å².